The SMILES string of the molecule is O=C(CCC1C=CSS1)Oc1ccccc1.[Na]. The molecule has 1 aliphatic heterocycles. The molecule has 0 saturated heterocycles. The number of carbonyl (C=O) groups excluding carboxylic acids is 1. The van der Waals surface area contributed by atoms with Gasteiger partial charge in [-0.1, -0.05) is 45.9 Å². The molecular formula is C12H12NaO2S2. The van der Waals surface area contributed by atoms with Crippen LogP contribution in [0.2, 0.25) is 0 Å². The molecule has 85 valence electrons. The molecule has 1 aromatic carbocycles. The van der Waals surface area contributed by atoms with Gasteiger partial charge in [0.25, 0.3) is 0 Å². The van der Waals surface area contributed by atoms with Crippen molar-refractivity contribution in [1.82, 2.24) is 0 Å². The first-order valence-electron chi connectivity index (χ1n) is 5.09. The number of ether oxygens (including phenoxy) is 1. The number of benzene rings is 1. The van der Waals surface area contributed by atoms with E-state index in [1.54, 1.807) is 33.7 Å². The Morgan fingerprint density at radius 2 is 2.06 bits per heavy atom. The van der Waals surface area contributed by atoms with Crippen molar-refractivity contribution >= 4 is 57.1 Å². The van der Waals surface area contributed by atoms with E-state index in [1.165, 1.54) is 0 Å². The van der Waals surface area contributed by atoms with E-state index in [4.69, 9.17) is 4.74 Å². The Morgan fingerprint density at radius 1 is 1.29 bits per heavy atom. The predicted molar refractivity (Wildman–Crippen MR) is 75.2 cm³/mol. The summed E-state index contributed by atoms with van der Waals surface area (Å²) >= 11 is 0. The van der Waals surface area contributed by atoms with Gasteiger partial charge in [0.1, 0.15) is 5.75 Å². The summed E-state index contributed by atoms with van der Waals surface area (Å²) in [6.45, 7) is 0. The number of carbonyl (C=O) groups is 1. The largest absolute Gasteiger partial charge is 0.427 e. The van der Waals surface area contributed by atoms with E-state index in [0.717, 1.165) is 6.42 Å². The molecule has 1 radical (unpaired) electrons. The molecule has 5 heteroatoms. The second-order valence-electron chi connectivity index (χ2n) is 3.39. The standard InChI is InChI=1S/C12H12O2S2.Na/c13-12(7-6-11-8-9-15-16-11)14-10-4-2-1-3-5-10;/h1-5,8-9,11H,6-7H2;. The van der Waals surface area contributed by atoms with Crippen LogP contribution in [0, 0.1) is 0 Å². The van der Waals surface area contributed by atoms with Crippen LogP contribution in [0.15, 0.2) is 41.8 Å². The Bertz CT molecular complexity index is 381. The van der Waals surface area contributed by atoms with E-state index in [1.807, 2.05) is 18.2 Å². The molecule has 1 atom stereocenters. The number of rotatable bonds is 4. The molecular weight excluding hydrogens is 263 g/mol. The number of para-hydroxylation sites is 1. The van der Waals surface area contributed by atoms with Crippen molar-refractivity contribution in [3.8, 4) is 5.75 Å². The van der Waals surface area contributed by atoms with Crippen LogP contribution >= 0.6 is 21.6 Å². The van der Waals surface area contributed by atoms with Gasteiger partial charge in [0.05, 0.1) is 0 Å². The van der Waals surface area contributed by atoms with E-state index < -0.39 is 0 Å². The van der Waals surface area contributed by atoms with Crippen molar-refractivity contribution in [2.75, 3.05) is 0 Å². The van der Waals surface area contributed by atoms with Crippen molar-refractivity contribution in [2.24, 2.45) is 0 Å². The number of hydrogen-bond acceptors (Lipinski definition) is 4. The maximum absolute atomic E-state index is 11.5. The summed E-state index contributed by atoms with van der Waals surface area (Å²) < 4.78 is 5.20. The summed E-state index contributed by atoms with van der Waals surface area (Å²) in [6, 6.07) is 9.19. The summed E-state index contributed by atoms with van der Waals surface area (Å²) in [6.07, 6.45) is 3.45. The molecule has 0 amide bonds. The minimum atomic E-state index is -0.155. The Kier molecular flexibility index (Phi) is 7.39. The molecule has 0 N–H and O–H groups in total. The Morgan fingerprint density at radius 3 is 2.71 bits per heavy atom. The van der Waals surface area contributed by atoms with Gasteiger partial charge in [-0.2, -0.15) is 0 Å². The molecule has 0 fully saturated rings. The smallest absolute Gasteiger partial charge is 0.311 e. The van der Waals surface area contributed by atoms with Crippen LogP contribution in [0.1, 0.15) is 12.8 Å². The summed E-state index contributed by atoms with van der Waals surface area (Å²) in [5.41, 5.74) is 0. The molecule has 1 unspecified atom stereocenters. The van der Waals surface area contributed by atoms with Crippen LogP contribution in [0.5, 0.6) is 5.75 Å². The minimum Gasteiger partial charge on any atom is -0.427 e. The third kappa shape index (κ3) is 5.53. The molecule has 1 aromatic rings. The first kappa shape index (κ1) is 15.2. The second kappa shape index (κ2) is 8.27. The fourth-order valence-electron chi connectivity index (χ4n) is 1.33. The van der Waals surface area contributed by atoms with Crippen LogP contribution in [0.3, 0.4) is 0 Å². The topological polar surface area (TPSA) is 26.3 Å². The maximum atomic E-state index is 11.5. The molecule has 1 heterocycles. The quantitative estimate of drug-likeness (QED) is 0.364. The van der Waals surface area contributed by atoms with Crippen molar-refractivity contribution in [2.45, 2.75) is 18.1 Å². The van der Waals surface area contributed by atoms with Crippen LogP contribution in [-0.4, -0.2) is 40.8 Å². The van der Waals surface area contributed by atoms with Gasteiger partial charge < -0.3 is 4.74 Å². The average molecular weight is 275 g/mol. The van der Waals surface area contributed by atoms with Crippen LogP contribution in [-0.2, 0) is 4.79 Å². The number of esters is 1. The predicted octanol–water partition coefficient (Wildman–Crippen LogP) is 3.27. The molecule has 1 aliphatic rings. The van der Waals surface area contributed by atoms with Crippen LogP contribution in [0.25, 0.3) is 0 Å². The van der Waals surface area contributed by atoms with Gasteiger partial charge in [0.2, 0.25) is 0 Å². The summed E-state index contributed by atoms with van der Waals surface area (Å²) in [7, 11) is 3.51. The van der Waals surface area contributed by atoms with Gasteiger partial charge in [0.15, 0.2) is 0 Å². The van der Waals surface area contributed by atoms with Crippen LogP contribution < -0.4 is 4.74 Å². The first-order valence-corrected chi connectivity index (χ1v) is 7.37. The Balaban J connectivity index is 0.00000144. The van der Waals surface area contributed by atoms with Gasteiger partial charge in [-0.3, -0.25) is 4.79 Å². The minimum absolute atomic E-state index is 0. The molecule has 2 rings (SSSR count). The molecule has 0 aliphatic carbocycles. The second-order valence-corrected chi connectivity index (χ2v) is 5.80. The monoisotopic (exact) mass is 275 g/mol. The van der Waals surface area contributed by atoms with Gasteiger partial charge in [-0.05, 0) is 24.0 Å². The van der Waals surface area contributed by atoms with E-state index in [0.29, 0.717) is 17.4 Å². The average Bonchev–Trinajstić information content (AvgIpc) is 2.81. The molecule has 17 heavy (non-hydrogen) atoms. The van der Waals surface area contributed by atoms with Gasteiger partial charge in [-0.25, -0.2) is 0 Å². The van der Waals surface area contributed by atoms with Gasteiger partial charge in [-0.15, -0.1) is 0 Å². The van der Waals surface area contributed by atoms with Crippen molar-refractivity contribution < 1.29 is 9.53 Å². The zero-order chi connectivity index (χ0) is 11.2. The van der Waals surface area contributed by atoms with Crippen molar-refractivity contribution in [3.63, 3.8) is 0 Å². The first-order chi connectivity index (χ1) is 7.84. The molecule has 0 saturated carbocycles. The van der Waals surface area contributed by atoms with Gasteiger partial charge >= 0.3 is 5.97 Å². The van der Waals surface area contributed by atoms with Crippen LogP contribution in [0.4, 0.5) is 0 Å². The van der Waals surface area contributed by atoms with E-state index in [9.17, 15) is 4.79 Å². The molecule has 0 bridgehead atoms. The van der Waals surface area contributed by atoms with E-state index >= 15 is 0 Å². The van der Waals surface area contributed by atoms with Crippen molar-refractivity contribution in [1.29, 1.82) is 0 Å². The summed E-state index contributed by atoms with van der Waals surface area (Å²) in [4.78, 5) is 11.5. The van der Waals surface area contributed by atoms with E-state index in [2.05, 4.69) is 11.5 Å². The third-order valence-corrected chi connectivity index (χ3v) is 4.56. The van der Waals surface area contributed by atoms with E-state index in [-0.39, 0.29) is 35.5 Å². The Labute approximate surface area is 131 Å². The maximum Gasteiger partial charge on any atom is 0.311 e. The molecule has 2 nitrogen and oxygen atoms in total. The fraction of sp³-hybridized carbons (Fsp3) is 0.250. The normalized spacial score (nSPS) is 17.5. The zero-order valence-corrected chi connectivity index (χ0v) is 13.3. The summed E-state index contributed by atoms with van der Waals surface area (Å²) in [5, 5.41) is 2.52. The number of hydrogen-bond donors (Lipinski definition) is 0. The summed E-state index contributed by atoms with van der Waals surface area (Å²) in [5.74, 6) is 0.466. The third-order valence-electron chi connectivity index (χ3n) is 2.14. The van der Waals surface area contributed by atoms with Gasteiger partial charge in [0, 0.05) is 41.2 Å². The van der Waals surface area contributed by atoms with Crippen molar-refractivity contribution in [3.05, 3.63) is 41.8 Å². The fourth-order valence-corrected chi connectivity index (χ4v) is 3.54. The molecule has 0 aromatic heterocycles. The molecule has 0 spiro atoms. The Hall–Kier alpha value is 0.130. The zero-order valence-electron chi connectivity index (χ0n) is 9.67.